The van der Waals surface area contributed by atoms with E-state index in [4.69, 9.17) is 9.47 Å². The first-order valence-corrected chi connectivity index (χ1v) is 6.82. The second-order valence-electron chi connectivity index (χ2n) is 4.35. The Morgan fingerprint density at radius 1 is 1.00 bits per heavy atom. The van der Waals surface area contributed by atoms with Crippen LogP contribution in [0.5, 0.6) is 5.75 Å². The summed E-state index contributed by atoms with van der Waals surface area (Å²) in [5.41, 5.74) is 1.16. The summed E-state index contributed by atoms with van der Waals surface area (Å²) in [5.74, 6) is 0.892. The van der Waals surface area contributed by atoms with Gasteiger partial charge in [0.2, 0.25) is 0 Å². The molecule has 0 atom stereocenters. The number of nitrogens with one attached hydrogen (secondary N) is 1. The van der Waals surface area contributed by atoms with Gasteiger partial charge < -0.3 is 14.8 Å². The zero-order valence-electron chi connectivity index (χ0n) is 11.6. The topological polar surface area (TPSA) is 30.5 Å². The van der Waals surface area contributed by atoms with Crippen LogP contribution in [0.3, 0.4) is 0 Å². The first kappa shape index (κ1) is 14.8. The van der Waals surface area contributed by atoms with Gasteiger partial charge >= 0.3 is 0 Å². The van der Waals surface area contributed by atoms with E-state index in [0.717, 1.165) is 18.0 Å². The number of anilines is 1. The summed E-state index contributed by atoms with van der Waals surface area (Å²) in [6, 6.07) is 8.10. The average Bonchev–Trinajstić information content (AvgIpc) is 2.40. The van der Waals surface area contributed by atoms with Crippen LogP contribution >= 0.6 is 0 Å². The minimum Gasteiger partial charge on any atom is -0.491 e. The molecule has 3 heteroatoms. The number of rotatable bonds is 10. The number of ether oxygens (including phenoxy) is 2. The van der Waals surface area contributed by atoms with Gasteiger partial charge in [-0.15, -0.1) is 0 Å². The van der Waals surface area contributed by atoms with Gasteiger partial charge in [0.25, 0.3) is 0 Å². The number of hydrogen-bond donors (Lipinski definition) is 1. The van der Waals surface area contributed by atoms with E-state index in [1.165, 1.54) is 25.7 Å². The van der Waals surface area contributed by atoms with Crippen molar-refractivity contribution >= 4 is 5.69 Å². The molecule has 0 radical (unpaired) electrons. The van der Waals surface area contributed by atoms with Crippen LogP contribution in [0.15, 0.2) is 24.3 Å². The largest absolute Gasteiger partial charge is 0.491 e. The van der Waals surface area contributed by atoms with Crippen LogP contribution < -0.4 is 10.1 Å². The van der Waals surface area contributed by atoms with Crippen molar-refractivity contribution in [2.24, 2.45) is 0 Å². The Kier molecular flexibility index (Phi) is 8.06. The molecule has 0 bridgehead atoms. The Labute approximate surface area is 110 Å². The van der Waals surface area contributed by atoms with Gasteiger partial charge in [0.1, 0.15) is 12.4 Å². The van der Waals surface area contributed by atoms with Crippen molar-refractivity contribution in [2.45, 2.75) is 32.6 Å². The van der Waals surface area contributed by atoms with Crippen molar-refractivity contribution in [3.05, 3.63) is 24.3 Å². The summed E-state index contributed by atoms with van der Waals surface area (Å²) in [6.45, 7) is 4.50. The predicted octanol–water partition coefficient (Wildman–Crippen LogP) is 3.70. The van der Waals surface area contributed by atoms with E-state index in [9.17, 15) is 0 Å². The summed E-state index contributed by atoms with van der Waals surface area (Å²) >= 11 is 0. The van der Waals surface area contributed by atoms with Gasteiger partial charge in [-0.3, -0.25) is 0 Å². The number of benzene rings is 1. The van der Waals surface area contributed by atoms with Crippen LogP contribution in [0.2, 0.25) is 0 Å². The Bertz CT molecular complexity index is 298. The van der Waals surface area contributed by atoms with Gasteiger partial charge in [-0.2, -0.15) is 0 Å². The summed E-state index contributed by atoms with van der Waals surface area (Å²) in [7, 11) is 1.68. The normalized spacial score (nSPS) is 10.3. The molecule has 1 N–H and O–H groups in total. The van der Waals surface area contributed by atoms with Crippen molar-refractivity contribution in [1.29, 1.82) is 0 Å². The zero-order chi connectivity index (χ0) is 13.1. The fourth-order valence-corrected chi connectivity index (χ4v) is 1.70. The lowest BCUT2D eigenvalue weighted by molar-refractivity contribution is 0.146. The molecule has 0 saturated heterocycles. The maximum atomic E-state index is 5.51. The third-order valence-corrected chi connectivity index (χ3v) is 2.77. The van der Waals surface area contributed by atoms with Crippen molar-refractivity contribution in [3.63, 3.8) is 0 Å². The maximum absolute atomic E-state index is 5.51. The maximum Gasteiger partial charge on any atom is 0.119 e. The monoisotopic (exact) mass is 251 g/mol. The number of hydrogen-bond acceptors (Lipinski definition) is 3. The molecule has 1 aromatic carbocycles. The Morgan fingerprint density at radius 2 is 1.78 bits per heavy atom. The molecular weight excluding hydrogens is 226 g/mol. The molecule has 18 heavy (non-hydrogen) atoms. The molecule has 102 valence electrons. The number of methoxy groups -OCH3 is 1. The van der Waals surface area contributed by atoms with E-state index in [-0.39, 0.29) is 0 Å². The van der Waals surface area contributed by atoms with Crippen molar-refractivity contribution < 1.29 is 9.47 Å². The lowest BCUT2D eigenvalue weighted by atomic mass is 10.2. The summed E-state index contributed by atoms with van der Waals surface area (Å²) in [4.78, 5) is 0. The molecule has 0 aliphatic carbocycles. The predicted molar refractivity (Wildman–Crippen MR) is 76.4 cm³/mol. The minimum absolute atomic E-state index is 0.598. The molecule has 3 nitrogen and oxygen atoms in total. The molecule has 0 heterocycles. The molecule has 0 saturated carbocycles. The van der Waals surface area contributed by atoms with Gasteiger partial charge in [-0.05, 0) is 30.7 Å². The highest BCUT2D eigenvalue weighted by Gasteiger charge is 1.95. The summed E-state index contributed by atoms with van der Waals surface area (Å²) in [5, 5.41) is 3.42. The van der Waals surface area contributed by atoms with Gasteiger partial charge in [0.15, 0.2) is 0 Å². The fraction of sp³-hybridized carbons (Fsp3) is 0.600. The third kappa shape index (κ3) is 6.50. The van der Waals surface area contributed by atoms with E-state index in [2.05, 4.69) is 24.4 Å². The van der Waals surface area contributed by atoms with Crippen molar-refractivity contribution in [2.75, 3.05) is 32.2 Å². The van der Waals surface area contributed by atoms with Crippen LogP contribution in [0.25, 0.3) is 0 Å². The van der Waals surface area contributed by atoms with Gasteiger partial charge in [-0.25, -0.2) is 0 Å². The van der Waals surface area contributed by atoms with Crippen molar-refractivity contribution in [1.82, 2.24) is 0 Å². The highest BCUT2D eigenvalue weighted by atomic mass is 16.5. The smallest absolute Gasteiger partial charge is 0.119 e. The molecule has 0 amide bonds. The van der Waals surface area contributed by atoms with Gasteiger partial charge in [0.05, 0.1) is 6.61 Å². The first-order chi connectivity index (χ1) is 8.86. The molecule has 0 spiro atoms. The molecule has 0 aliphatic heterocycles. The minimum atomic E-state index is 0.598. The van der Waals surface area contributed by atoms with Crippen LogP contribution in [0, 0.1) is 0 Å². The fourth-order valence-electron chi connectivity index (χ4n) is 1.70. The molecule has 1 aromatic rings. The average molecular weight is 251 g/mol. The van der Waals surface area contributed by atoms with Crippen LogP contribution in [-0.2, 0) is 4.74 Å². The van der Waals surface area contributed by atoms with Crippen LogP contribution in [0.4, 0.5) is 5.69 Å². The lowest BCUT2D eigenvalue weighted by Crippen LogP contribution is -2.04. The van der Waals surface area contributed by atoms with E-state index in [1.807, 2.05) is 12.1 Å². The zero-order valence-corrected chi connectivity index (χ0v) is 11.6. The highest BCUT2D eigenvalue weighted by Crippen LogP contribution is 2.15. The third-order valence-electron chi connectivity index (χ3n) is 2.77. The SMILES string of the molecule is CCCCCCNc1ccc(OCCOC)cc1. The molecule has 0 aliphatic rings. The van der Waals surface area contributed by atoms with Crippen LogP contribution in [-0.4, -0.2) is 26.9 Å². The van der Waals surface area contributed by atoms with Crippen molar-refractivity contribution in [3.8, 4) is 5.75 Å². The van der Waals surface area contributed by atoms with E-state index in [0.29, 0.717) is 13.2 Å². The molecular formula is C15H25NO2. The molecule has 0 unspecified atom stereocenters. The lowest BCUT2D eigenvalue weighted by Gasteiger charge is -2.08. The summed E-state index contributed by atoms with van der Waals surface area (Å²) in [6.07, 6.45) is 5.16. The second kappa shape index (κ2) is 9.77. The molecule has 0 fully saturated rings. The Hall–Kier alpha value is -1.22. The molecule has 0 aromatic heterocycles. The number of unbranched alkanes of at least 4 members (excludes halogenated alkanes) is 3. The van der Waals surface area contributed by atoms with Gasteiger partial charge in [0, 0.05) is 19.3 Å². The Balaban J connectivity index is 2.19. The standard InChI is InChI=1S/C15H25NO2/c1-3-4-5-6-11-16-14-7-9-15(10-8-14)18-13-12-17-2/h7-10,16H,3-6,11-13H2,1-2H3. The Morgan fingerprint density at radius 3 is 2.44 bits per heavy atom. The summed E-state index contributed by atoms with van der Waals surface area (Å²) < 4.78 is 10.4. The van der Waals surface area contributed by atoms with E-state index in [1.54, 1.807) is 7.11 Å². The van der Waals surface area contributed by atoms with E-state index >= 15 is 0 Å². The first-order valence-electron chi connectivity index (χ1n) is 6.82. The van der Waals surface area contributed by atoms with Crippen LogP contribution in [0.1, 0.15) is 32.6 Å². The highest BCUT2D eigenvalue weighted by molar-refractivity contribution is 5.46. The van der Waals surface area contributed by atoms with E-state index < -0.39 is 0 Å². The molecule has 1 rings (SSSR count). The second-order valence-corrected chi connectivity index (χ2v) is 4.35. The van der Waals surface area contributed by atoms with Gasteiger partial charge in [-0.1, -0.05) is 26.2 Å². The quantitative estimate of drug-likeness (QED) is 0.643.